The second-order valence-electron chi connectivity index (χ2n) is 6.04. The lowest BCUT2D eigenvalue weighted by molar-refractivity contribution is -0.113. The van der Waals surface area contributed by atoms with Crippen LogP contribution in [0.2, 0.25) is 0 Å². The normalized spacial score (nSPS) is 19.4. The highest BCUT2D eigenvalue weighted by atomic mass is 32.2. The minimum absolute atomic E-state index is 0.0232. The number of hydrogen-bond donors (Lipinski definition) is 1. The Morgan fingerprint density at radius 2 is 2.12 bits per heavy atom. The molecule has 1 fully saturated rings. The van der Waals surface area contributed by atoms with Gasteiger partial charge in [0.1, 0.15) is 0 Å². The van der Waals surface area contributed by atoms with Crippen LogP contribution in [0.1, 0.15) is 6.42 Å². The number of rotatable bonds is 4. The molecule has 1 aromatic heterocycles. The van der Waals surface area contributed by atoms with E-state index in [1.807, 2.05) is 30.3 Å². The molecule has 1 aliphatic rings. The molecule has 1 aliphatic heterocycles. The van der Waals surface area contributed by atoms with E-state index in [1.165, 1.54) is 23.1 Å². The summed E-state index contributed by atoms with van der Waals surface area (Å²) < 4.78 is 24.0. The van der Waals surface area contributed by atoms with Gasteiger partial charge in [-0.1, -0.05) is 41.7 Å². The van der Waals surface area contributed by atoms with Crippen molar-refractivity contribution in [2.45, 2.75) is 11.7 Å². The van der Waals surface area contributed by atoms with Crippen molar-refractivity contribution < 1.29 is 13.2 Å². The number of anilines is 1. The Balaban J connectivity index is 1.45. The van der Waals surface area contributed by atoms with Crippen molar-refractivity contribution in [3.63, 3.8) is 0 Å². The highest BCUT2D eigenvalue weighted by molar-refractivity contribution is 8.02. The molecule has 5 nitrogen and oxygen atoms in total. The van der Waals surface area contributed by atoms with Gasteiger partial charge in [0.05, 0.1) is 27.5 Å². The molecular weight excluding hydrogens is 376 g/mol. The summed E-state index contributed by atoms with van der Waals surface area (Å²) >= 11 is 2.86. The van der Waals surface area contributed by atoms with Crippen molar-refractivity contribution in [3.8, 4) is 0 Å². The number of benzene rings is 2. The largest absolute Gasteiger partial charge is 0.301 e. The predicted molar refractivity (Wildman–Crippen MR) is 105 cm³/mol. The second kappa shape index (κ2) is 6.59. The maximum atomic E-state index is 12.2. The monoisotopic (exact) mass is 392 g/mol. The van der Waals surface area contributed by atoms with Crippen LogP contribution in [0.15, 0.2) is 36.4 Å². The van der Waals surface area contributed by atoms with Gasteiger partial charge in [-0.25, -0.2) is 13.4 Å². The van der Waals surface area contributed by atoms with Crippen LogP contribution in [0.3, 0.4) is 0 Å². The second-order valence-corrected chi connectivity index (χ2v) is 10.6. The zero-order valence-electron chi connectivity index (χ0n) is 13.3. The highest BCUT2D eigenvalue weighted by Gasteiger charge is 2.28. The van der Waals surface area contributed by atoms with Crippen molar-refractivity contribution in [2.75, 3.05) is 22.6 Å². The zero-order chi connectivity index (χ0) is 17.4. The molecule has 0 unspecified atom stereocenters. The molecule has 0 aliphatic carbocycles. The van der Waals surface area contributed by atoms with Crippen molar-refractivity contribution in [1.29, 1.82) is 0 Å². The number of nitrogens with zero attached hydrogens (tertiary/aromatic N) is 1. The van der Waals surface area contributed by atoms with E-state index in [4.69, 9.17) is 0 Å². The van der Waals surface area contributed by atoms with Gasteiger partial charge in [-0.05, 0) is 17.9 Å². The quantitative estimate of drug-likeness (QED) is 0.737. The third-order valence-electron chi connectivity index (χ3n) is 4.17. The van der Waals surface area contributed by atoms with E-state index in [-0.39, 0.29) is 28.4 Å². The summed E-state index contributed by atoms with van der Waals surface area (Å²) in [4.78, 5) is 16.7. The molecule has 25 heavy (non-hydrogen) atoms. The van der Waals surface area contributed by atoms with E-state index < -0.39 is 9.84 Å². The average molecular weight is 393 g/mol. The zero-order valence-corrected chi connectivity index (χ0v) is 15.7. The molecule has 1 amide bonds. The maximum Gasteiger partial charge on any atom is 0.236 e. The summed E-state index contributed by atoms with van der Waals surface area (Å²) in [6, 6.07) is 12.1. The Labute approximate surface area is 153 Å². The first-order chi connectivity index (χ1) is 12.0. The molecular formula is C17H16N2O3S3. The molecule has 3 aromatic rings. The van der Waals surface area contributed by atoms with E-state index in [1.54, 1.807) is 0 Å². The fourth-order valence-corrected chi connectivity index (χ4v) is 7.30. The van der Waals surface area contributed by atoms with E-state index in [0.717, 1.165) is 21.0 Å². The Bertz CT molecular complexity index is 1060. The lowest BCUT2D eigenvalue weighted by atomic mass is 10.1. The van der Waals surface area contributed by atoms with Crippen LogP contribution in [-0.4, -0.2) is 41.8 Å². The Hall–Kier alpha value is -1.64. The van der Waals surface area contributed by atoms with Gasteiger partial charge >= 0.3 is 0 Å². The van der Waals surface area contributed by atoms with Crippen LogP contribution < -0.4 is 5.32 Å². The highest BCUT2D eigenvalue weighted by Crippen LogP contribution is 2.32. The van der Waals surface area contributed by atoms with Crippen molar-refractivity contribution in [3.05, 3.63) is 36.4 Å². The number of amides is 1. The van der Waals surface area contributed by atoms with Crippen LogP contribution in [-0.2, 0) is 14.6 Å². The third kappa shape index (κ3) is 3.65. The molecule has 2 heterocycles. The molecule has 130 valence electrons. The molecule has 2 aromatic carbocycles. The minimum Gasteiger partial charge on any atom is -0.301 e. The summed E-state index contributed by atoms with van der Waals surface area (Å²) in [5.74, 6) is 0.518. The Kier molecular flexibility index (Phi) is 4.43. The van der Waals surface area contributed by atoms with Gasteiger partial charge in [-0.3, -0.25) is 4.79 Å². The SMILES string of the molecule is O=C(CS[C@@H]1CCS(=O)(=O)C1)Nc1nc2c(ccc3ccccc32)s1. The number of sulfone groups is 1. The van der Waals surface area contributed by atoms with Gasteiger partial charge in [0, 0.05) is 10.6 Å². The van der Waals surface area contributed by atoms with Crippen molar-refractivity contribution in [2.24, 2.45) is 0 Å². The van der Waals surface area contributed by atoms with Gasteiger partial charge in [0.15, 0.2) is 15.0 Å². The Morgan fingerprint density at radius 3 is 2.92 bits per heavy atom. The molecule has 1 saturated heterocycles. The molecule has 1 atom stereocenters. The molecule has 0 saturated carbocycles. The number of hydrogen-bond acceptors (Lipinski definition) is 6. The summed E-state index contributed by atoms with van der Waals surface area (Å²) in [5, 5.41) is 5.63. The smallest absolute Gasteiger partial charge is 0.236 e. The van der Waals surface area contributed by atoms with Crippen LogP contribution in [0.25, 0.3) is 21.0 Å². The van der Waals surface area contributed by atoms with Gasteiger partial charge in [0.25, 0.3) is 0 Å². The summed E-state index contributed by atoms with van der Waals surface area (Å²) in [5.41, 5.74) is 0.896. The molecule has 8 heteroatoms. The first kappa shape index (κ1) is 16.8. The van der Waals surface area contributed by atoms with Crippen molar-refractivity contribution in [1.82, 2.24) is 4.98 Å². The number of nitrogens with one attached hydrogen (secondary N) is 1. The number of aromatic nitrogens is 1. The van der Waals surface area contributed by atoms with E-state index in [0.29, 0.717) is 11.6 Å². The molecule has 0 radical (unpaired) electrons. The average Bonchev–Trinajstić information content (AvgIpc) is 3.15. The fourth-order valence-electron chi connectivity index (χ4n) is 2.96. The maximum absolute atomic E-state index is 12.2. The van der Waals surface area contributed by atoms with Gasteiger partial charge in [0.2, 0.25) is 5.91 Å². The van der Waals surface area contributed by atoms with Crippen LogP contribution >= 0.6 is 23.1 Å². The minimum atomic E-state index is -2.90. The molecule has 0 spiro atoms. The van der Waals surface area contributed by atoms with Crippen molar-refractivity contribution >= 4 is 65.0 Å². The number of thiazole rings is 1. The van der Waals surface area contributed by atoms with E-state index in [9.17, 15) is 13.2 Å². The summed E-state index contributed by atoms with van der Waals surface area (Å²) in [7, 11) is -2.90. The molecule has 0 bridgehead atoms. The van der Waals surface area contributed by atoms with Gasteiger partial charge in [-0.2, -0.15) is 0 Å². The summed E-state index contributed by atoms with van der Waals surface area (Å²) in [6.07, 6.45) is 0.632. The standard InChI is InChI=1S/C17H16N2O3S3/c20-15(9-23-12-7-8-25(21,22)10-12)18-17-19-16-13-4-2-1-3-11(13)5-6-14(16)24-17/h1-6,12H,7-10H2,(H,18,19,20)/t12-/m1/s1. The van der Waals surface area contributed by atoms with E-state index in [2.05, 4.69) is 16.4 Å². The van der Waals surface area contributed by atoms with Crippen LogP contribution in [0.4, 0.5) is 5.13 Å². The fraction of sp³-hybridized carbons (Fsp3) is 0.294. The van der Waals surface area contributed by atoms with Crippen LogP contribution in [0, 0.1) is 0 Å². The first-order valence-corrected chi connectivity index (χ1v) is 11.6. The molecule has 1 N–H and O–H groups in total. The first-order valence-electron chi connectivity index (χ1n) is 7.90. The molecule has 4 rings (SSSR count). The van der Waals surface area contributed by atoms with E-state index >= 15 is 0 Å². The third-order valence-corrected chi connectivity index (χ3v) is 8.39. The van der Waals surface area contributed by atoms with Crippen LogP contribution in [0.5, 0.6) is 0 Å². The predicted octanol–water partition coefficient (Wildman–Crippen LogP) is 3.31. The summed E-state index contributed by atoms with van der Waals surface area (Å²) in [6.45, 7) is 0. The van der Waals surface area contributed by atoms with Gasteiger partial charge < -0.3 is 5.32 Å². The number of carbonyl (C=O) groups excluding carboxylic acids is 1. The lowest BCUT2D eigenvalue weighted by Crippen LogP contribution is -2.17. The Morgan fingerprint density at radius 1 is 1.28 bits per heavy atom. The number of fused-ring (bicyclic) bond motifs is 3. The topological polar surface area (TPSA) is 76.1 Å². The number of carbonyl (C=O) groups is 1. The van der Waals surface area contributed by atoms with Gasteiger partial charge in [-0.15, -0.1) is 11.8 Å². The lowest BCUT2D eigenvalue weighted by Gasteiger charge is -2.06. The number of thioether (sulfide) groups is 1.